The summed E-state index contributed by atoms with van der Waals surface area (Å²) < 4.78 is 10.4. The van der Waals surface area contributed by atoms with Crippen molar-refractivity contribution >= 4 is 40.8 Å². The van der Waals surface area contributed by atoms with Crippen LogP contribution in [0.4, 0.5) is 11.4 Å². The van der Waals surface area contributed by atoms with Crippen molar-refractivity contribution in [3.63, 3.8) is 0 Å². The van der Waals surface area contributed by atoms with Gasteiger partial charge in [0, 0.05) is 23.7 Å². The third kappa shape index (κ3) is 4.91. The second-order valence-corrected chi connectivity index (χ2v) is 7.36. The van der Waals surface area contributed by atoms with Crippen molar-refractivity contribution in [1.29, 1.82) is 0 Å². The molecule has 0 spiro atoms. The molecule has 2 aromatic rings. The van der Waals surface area contributed by atoms with Gasteiger partial charge in [-0.05, 0) is 48.9 Å². The van der Waals surface area contributed by atoms with Gasteiger partial charge in [0.1, 0.15) is 5.75 Å². The zero-order valence-corrected chi connectivity index (χ0v) is 17.6. The predicted molar refractivity (Wildman–Crippen MR) is 114 cm³/mol. The molecule has 1 heterocycles. The molecule has 0 unspecified atom stereocenters. The summed E-state index contributed by atoms with van der Waals surface area (Å²) in [5, 5.41) is 3.27. The molecule has 0 aliphatic carbocycles. The third-order valence-corrected chi connectivity index (χ3v) is 4.99. The minimum Gasteiger partial charge on any atom is -0.495 e. The maximum absolute atomic E-state index is 12.7. The minimum atomic E-state index is -0.518. The molecule has 1 atom stereocenters. The number of hydrogen-bond acceptors (Lipinski definition) is 5. The van der Waals surface area contributed by atoms with Gasteiger partial charge in [0.15, 0.2) is 0 Å². The minimum absolute atomic E-state index is 0.0862. The highest BCUT2D eigenvalue weighted by Crippen LogP contribution is 2.35. The van der Waals surface area contributed by atoms with E-state index in [9.17, 15) is 14.4 Å². The Morgan fingerprint density at radius 2 is 1.93 bits per heavy atom. The number of nitrogens with zero attached hydrogens (tertiary/aromatic N) is 1. The molecular weight excluding hydrogens is 408 g/mol. The molecule has 1 N–H and O–H groups in total. The van der Waals surface area contributed by atoms with E-state index in [4.69, 9.17) is 21.1 Å². The molecule has 1 aliphatic rings. The average Bonchev–Trinajstić information content (AvgIpc) is 3.14. The molecule has 2 aromatic carbocycles. The molecule has 0 bridgehead atoms. The highest BCUT2D eigenvalue weighted by Gasteiger charge is 2.36. The van der Waals surface area contributed by atoms with Crippen LogP contribution in [0.1, 0.15) is 30.1 Å². The van der Waals surface area contributed by atoms with Gasteiger partial charge in [0.25, 0.3) is 0 Å². The van der Waals surface area contributed by atoms with Gasteiger partial charge in [0.2, 0.25) is 11.8 Å². The van der Waals surface area contributed by atoms with Crippen LogP contribution in [0.5, 0.6) is 5.75 Å². The smallest absolute Gasteiger partial charge is 0.338 e. The van der Waals surface area contributed by atoms with Crippen LogP contribution in [0, 0.1) is 5.92 Å². The Hall–Kier alpha value is -3.06. The van der Waals surface area contributed by atoms with Crippen LogP contribution in [-0.2, 0) is 14.3 Å². The van der Waals surface area contributed by atoms with E-state index >= 15 is 0 Å². The van der Waals surface area contributed by atoms with Gasteiger partial charge >= 0.3 is 5.97 Å². The van der Waals surface area contributed by atoms with Gasteiger partial charge in [-0.1, -0.05) is 18.5 Å². The second kappa shape index (κ2) is 9.63. The molecule has 1 saturated heterocycles. The third-order valence-electron chi connectivity index (χ3n) is 4.75. The van der Waals surface area contributed by atoms with Crippen LogP contribution in [0.15, 0.2) is 42.5 Å². The largest absolute Gasteiger partial charge is 0.495 e. The lowest BCUT2D eigenvalue weighted by Crippen LogP contribution is -2.28. The number of halogens is 1. The summed E-state index contributed by atoms with van der Waals surface area (Å²) in [6, 6.07) is 11.5. The van der Waals surface area contributed by atoms with Gasteiger partial charge in [-0.25, -0.2) is 4.79 Å². The van der Waals surface area contributed by atoms with E-state index in [1.807, 2.05) is 6.92 Å². The topological polar surface area (TPSA) is 84.9 Å². The van der Waals surface area contributed by atoms with Crippen molar-refractivity contribution in [2.45, 2.75) is 19.8 Å². The van der Waals surface area contributed by atoms with E-state index in [0.717, 1.165) is 6.42 Å². The lowest BCUT2D eigenvalue weighted by atomic mass is 10.1. The Bertz CT molecular complexity index is 945. The van der Waals surface area contributed by atoms with E-state index in [1.54, 1.807) is 42.5 Å². The molecular formula is C22H23ClN2O5. The predicted octanol–water partition coefficient (Wildman–Crippen LogP) is 3.91. The highest BCUT2D eigenvalue weighted by molar-refractivity contribution is 6.31. The number of anilines is 2. The van der Waals surface area contributed by atoms with Crippen LogP contribution >= 0.6 is 11.6 Å². The molecule has 0 saturated carbocycles. The van der Waals surface area contributed by atoms with Crippen molar-refractivity contribution in [3.8, 4) is 5.75 Å². The molecule has 30 heavy (non-hydrogen) atoms. The fourth-order valence-electron chi connectivity index (χ4n) is 3.20. The summed E-state index contributed by atoms with van der Waals surface area (Å²) in [5.41, 5.74) is 1.50. The van der Waals surface area contributed by atoms with E-state index in [2.05, 4.69) is 5.32 Å². The molecule has 1 fully saturated rings. The van der Waals surface area contributed by atoms with Crippen molar-refractivity contribution in [2.75, 3.05) is 30.5 Å². The van der Waals surface area contributed by atoms with Crippen LogP contribution in [-0.4, -0.2) is 38.0 Å². The Morgan fingerprint density at radius 1 is 1.20 bits per heavy atom. The summed E-state index contributed by atoms with van der Waals surface area (Å²) in [6.07, 6.45) is 0.834. The van der Waals surface area contributed by atoms with Gasteiger partial charge in [0.05, 0.1) is 30.9 Å². The van der Waals surface area contributed by atoms with Crippen LogP contribution in [0.3, 0.4) is 0 Å². The van der Waals surface area contributed by atoms with Crippen molar-refractivity contribution < 1.29 is 23.9 Å². The highest BCUT2D eigenvalue weighted by atomic mass is 35.5. The first-order chi connectivity index (χ1) is 14.4. The SMILES string of the molecule is CCCOC(=O)c1ccc(NC(=O)[C@@H]2CC(=O)N(c3cc(Cl)ccc3OC)C2)cc1. The van der Waals surface area contributed by atoms with Crippen molar-refractivity contribution in [1.82, 2.24) is 0 Å². The van der Waals surface area contributed by atoms with E-state index < -0.39 is 11.9 Å². The first-order valence-electron chi connectivity index (χ1n) is 9.65. The van der Waals surface area contributed by atoms with Crippen molar-refractivity contribution in [3.05, 3.63) is 53.1 Å². The molecule has 7 nitrogen and oxygen atoms in total. The monoisotopic (exact) mass is 430 g/mol. The van der Waals surface area contributed by atoms with Crippen molar-refractivity contribution in [2.24, 2.45) is 5.92 Å². The number of ether oxygens (including phenoxy) is 2. The number of benzene rings is 2. The Labute approximate surface area is 179 Å². The fourth-order valence-corrected chi connectivity index (χ4v) is 3.37. The van der Waals surface area contributed by atoms with Gasteiger partial charge in [-0.3, -0.25) is 9.59 Å². The molecule has 3 rings (SSSR count). The lowest BCUT2D eigenvalue weighted by molar-refractivity contribution is -0.122. The maximum Gasteiger partial charge on any atom is 0.338 e. The van der Waals surface area contributed by atoms with E-state index in [-0.39, 0.29) is 24.8 Å². The summed E-state index contributed by atoms with van der Waals surface area (Å²) in [7, 11) is 1.51. The molecule has 8 heteroatoms. The summed E-state index contributed by atoms with van der Waals surface area (Å²) in [6.45, 7) is 2.51. The number of methoxy groups -OCH3 is 1. The maximum atomic E-state index is 12.7. The summed E-state index contributed by atoms with van der Waals surface area (Å²) in [5.74, 6) is -0.852. The number of nitrogens with one attached hydrogen (secondary N) is 1. The van der Waals surface area contributed by atoms with Crippen LogP contribution in [0.2, 0.25) is 5.02 Å². The Morgan fingerprint density at radius 3 is 2.60 bits per heavy atom. The number of hydrogen-bond donors (Lipinski definition) is 1. The quantitative estimate of drug-likeness (QED) is 0.673. The number of esters is 1. The average molecular weight is 431 g/mol. The van der Waals surface area contributed by atoms with Gasteiger partial charge in [-0.15, -0.1) is 0 Å². The zero-order chi connectivity index (χ0) is 21.7. The normalized spacial score (nSPS) is 15.8. The number of amides is 2. The van der Waals surface area contributed by atoms with Crippen LogP contribution in [0.25, 0.3) is 0 Å². The second-order valence-electron chi connectivity index (χ2n) is 6.92. The molecule has 158 valence electrons. The Kier molecular flexibility index (Phi) is 6.95. The molecule has 1 aliphatic heterocycles. The fraction of sp³-hybridized carbons (Fsp3) is 0.318. The first kappa shape index (κ1) is 21.6. The lowest BCUT2D eigenvalue weighted by Gasteiger charge is -2.20. The number of carbonyl (C=O) groups is 3. The summed E-state index contributed by atoms with van der Waals surface area (Å²) in [4.78, 5) is 38.6. The molecule has 0 aromatic heterocycles. The van der Waals surface area contributed by atoms with Gasteiger partial charge in [-0.2, -0.15) is 0 Å². The molecule has 0 radical (unpaired) electrons. The number of rotatable bonds is 7. The number of carbonyl (C=O) groups excluding carboxylic acids is 3. The van der Waals surface area contributed by atoms with Crippen LogP contribution < -0.4 is 15.0 Å². The standard InChI is InChI=1S/C22H23ClN2O5/c1-3-10-30-22(28)14-4-7-17(8-5-14)24-21(27)15-11-20(26)25(13-15)18-12-16(23)6-9-19(18)29-2/h4-9,12,15H,3,10-11,13H2,1-2H3,(H,24,27)/t15-/m1/s1. The molecule has 2 amide bonds. The summed E-state index contributed by atoms with van der Waals surface area (Å²) >= 11 is 6.06. The zero-order valence-electron chi connectivity index (χ0n) is 16.8. The van der Waals surface area contributed by atoms with E-state index in [1.165, 1.54) is 12.0 Å². The van der Waals surface area contributed by atoms with E-state index in [0.29, 0.717) is 34.3 Å². The Balaban J connectivity index is 1.65. The van der Waals surface area contributed by atoms with Gasteiger partial charge < -0.3 is 19.7 Å². The first-order valence-corrected chi connectivity index (χ1v) is 10.0.